The lowest BCUT2D eigenvalue weighted by atomic mass is 10.0. The van der Waals surface area contributed by atoms with Gasteiger partial charge in [-0.2, -0.15) is 0 Å². The fraction of sp³-hybridized carbons (Fsp3) is 0.905. The fourth-order valence-electron chi connectivity index (χ4n) is 9.75. The lowest BCUT2D eigenvalue weighted by molar-refractivity contribution is -0.143. The van der Waals surface area contributed by atoms with Crippen LogP contribution in [-0.2, 0) is 14.3 Å². The second-order valence-corrected chi connectivity index (χ2v) is 21.4. The number of ether oxygens (including phenoxy) is 1. The molecule has 2 atom stereocenters. The Morgan fingerprint density at radius 1 is 0.406 bits per heavy atom. The first-order valence-corrected chi connectivity index (χ1v) is 31.1. The summed E-state index contributed by atoms with van der Waals surface area (Å²) < 4.78 is 5.45. The Kier molecular flexibility index (Phi) is 57.5. The first-order valence-electron chi connectivity index (χ1n) is 31.1. The first-order chi connectivity index (χ1) is 34.0. The second-order valence-electron chi connectivity index (χ2n) is 21.4. The molecule has 0 aliphatic rings. The number of esters is 1. The fourth-order valence-corrected chi connectivity index (χ4v) is 9.75. The second kappa shape index (κ2) is 58.9. The number of unbranched alkanes of at least 4 members (excludes halogenated alkanes) is 44. The standard InChI is InChI=1S/C63H121NO5/c1-3-5-7-9-11-13-15-17-18-19-20-22-25-28-32-35-39-43-47-51-55-61(66)60(59-65)64-62(67)56-52-48-44-40-36-33-29-26-23-21-24-27-30-34-38-42-46-50-54-58-69-63(68)57-53-49-45-41-37-31-16-14-12-10-8-6-4-2/h27,30,34,38,60-61,65-66H,3-26,28-29,31-33,35-37,39-59H2,1-2H3,(H,64,67)/b30-27-,38-34-. The molecule has 6 heteroatoms. The van der Waals surface area contributed by atoms with E-state index in [0.29, 0.717) is 25.9 Å². The van der Waals surface area contributed by atoms with Crippen molar-refractivity contribution in [1.29, 1.82) is 0 Å². The minimum atomic E-state index is -0.672. The van der Waals surface area contributed by atoms with Crippen LogP contribution in [-0.4, -0.2) is 47.4 Å². The SMILES string of the molecule is CCCCCCCCCCCCCCCCCCCCCCC(O)C(CO)NC(=O)CCCCCCCCCCCC/C=C\C=C/CCCCCOC(=O)CCCCCCCCCCCCCCC. The van der Waals surface area contributed by atoms with Gasteiger partial charge in [0.1, 0.15) is 0 Å². The van der Waals surface area contributed by atoms with Crippen LogP contribution in [0.15, 0.2) is 24.3 Å². The molecule has 408 valence electrons. The summed E-state index contributed by atoms with van der Waals surface area (Å²) >= 11 is 0. The van der Waals surface area contributed by atoms with Crippen LogP contribution in [0.5, 0.6) is 0 Å². The van der Waals surface area contributed by atoms with E-state index >= 15 is 0 Å². The molecule has 0 saturated carbocycles. The summed E-state index contributed by atoms with van der Waals surface area (Å²) in [6.45, 7) is 4.94. The van der Waals surface area contributed by atoms with Crippen LogP contribution in [0, 0.1) is 0 Å². The molecule has 0 saturated heterocycles. The third-order valence-corrected chi connectivity index (χ3v) is 14.5. The van der Waals surface area contributed by atoms with Crippen molar-refractivity contribution >= 4 is 11.9 Å². The highest BCUT2D eigenvalue weighted by Crippen LogP contribution is 2.18. The monoisotopic (exact) mass is 972 g/mol. The largest absolute Gasteiger partial charge is 0.466 e. The van der Waals surface area contributed by atoms with Gasteiger partial charge in [0, 0.05) is 12.8 Å². The smallest absolute Gasteiger partial charge is 0.305 e. The van der Waals surface area contributed by atoms with Crippen molar-refractivity contribution < 1.29 is 24.5 Å². The lowest BCUT2D eigenvalue weighted by Gasteiger charge is -2.22. The predicted octanol–water partition coefficient (Wildman–Crippen LogP) is 19.4. The molecule has 0 spiro atoms. The number of aliphatic hydroxyl groups excluding tert-OH is 2. The minimum absolute atomic E-state index is 0.0112. The van der Waals surface area contributed by atoms with E-state index in [2.05, 4.69) is 43.5 Å². The number of nitrogens with one attached hydrogen (secondary N) is 1. The van der Waals surface area contributed by atoms with E-state index < -0.39 is 12.1 Å². The zero-order chi connectivity index (χ0) is 50.0. The molecule has 3 N–H and O–H groups in total. The topological polar surface area (TPSA) is 95.9 Å². The van der Waals surface area contributed by atoms with Crippen LogP contribution in [0.25, 0.3) is 0 Å². The quantitative estimate of drug-likeness (QED) is 0.0321. The number of hydrogen-bond acceptors (Lipinski definition) is 5. The number of hydrogen-bond donors (Lipinski definition) is 3. The summed E-state index contributed by atoms with van der Waals surface area (Å²) in [5.41, 5.74) is 0. The zero-order valence-electron chi connectivity index (χ0n) is 46.6. The maximum absolute atomic E-state index is 12.5. The average molecular weight is 973 g/mol. The van der Waals surface area contributed by atoms with Gasteiger partial charge < -0.3 is 20.3 Å². The van der Waals surface area contributed by atoms with Gasteiger partial charge in [-0.3, -0.25) is 9.59 Å². The molecule has 0 radical (unpaired) electrons. The molecule has 6 nitrogen and oxygen atoms in total. The zero-order valence-corrected chi connectivity index (χ0v) is 46.6. The Morgan fingerprint density at radius 2 is 0.710 bits per heavy atom. The highest BCUT2D eigenvalue weighted by Gasteiger charge is 2.20. The molecule has 0 aromatic carbocycles. The van der Waals surface area contributed by atoms with Crippen molar-refractivity contribution in [1.82, 2.24) is 5.32 Å². The van der Waals surface area contributed by atoms with Crippen LogP contribution >= 0.6 is 0 Å². The van der Waals surface area contributed by atoms with Crippen molar-refractivity contribution in [2.75, 3.05) is 13.2 Å². The van der Waals surface area contributed by atoms with Gasteiger partial charge in [0.25, 0.3) is 0 Å². The van der Waals surface area contributed by atoms with Gasteiger partial charge in [0.05, 0.1) is 25.4 Å². The molecule has 2 unspecified atom stereocenters. The number of rotatable bonds is 58. The molecule has 1 amide bonds. The Bertz CT molecular complexity index is 1080. The Labute approximate surface area is 431 Å². The summed E-state index contributed by atoms with van der Waals surface area (Å²) in [5.74, 6) is -0.0528. The molecule has 0 aromatic rings. The predicted molar refractivity (Wildman–Crippen MR) is 301 cm³/mol. The molecule has 69 heavy (non-hydrogen) atoms. The highest BCUT2D eigenvalue weighted by molar-refractivity contribution is 5.76. The summed E-state index contributed by atoms with van der Waals surface area (Å²) in [5, 5.41) is 23.4. The van der Waals surface area contributed by atoms with Crippen molar-refractivity contribution in [2.45, 2.75) is 353 Å². The molecule has 0 rings (SSSR count). The van der Waals surface area contributed by atoms with Crippen molar-refractivity contribution in [3.8, 4) is 0 Å². The number of allylic oxidation sites excluding steroid dienone is 4. The molecular formula is C63H121NO5. The van der Waals surface area contributed by atoms with Gasteiger partial charge in [-0.25, -0.2) is 0 Å². The van der Waals surface area contributed by atoms with Crippen molar-refractivity contribution in [3.63, 3.8) is 0 Å². The Morgan fingerprint density at radius 3 is 1.07 bits per heavy atom. The maximum atomic E-state index is 12.5. The summed E-state index contributed by atoms with van der Waals surface area (Å²) in [6.07, 6.45) is 71.8. The molecule has 0 aliphatic heterocycles. The van der Waals surface area contributed by atoms with E-state index in [4.69, 9.17) is 4.74 Å². The van der Waals surface area contributed by atoms with Gasteiger partial charge in [0.15, 0.2) is 0 Å². The van der Waals surface area contributed by atoms with Crippen molar-refractivity contribution in [2.24, 2.45) is 0 Å². The number of carbonyl (C=O) groups is 2. The van der Waals surface area contributed by atoms with E-state index in [1.54, 1.807) is 0 Å². The Hall–Kier alpha value is -1.66. The van der Waals surface area contributed by atoms with E-state index in [1.807, 2.05) is 0 Å². The number of carbonyl (C=O) groups excluding carboxylic acids is 2. The number of aliphatic hydroxyl groups is 2. The summed E-state index contributed by atoms with van der Waals surface area (Å²) in [7, 11) is 0. The van der Waals surface area contributed by atoms with E-state index in [0.717, 1.165) is 70.6 Å². The Balaban J connectivity index is 3.47. The van der Waals surface area contributed by atoms with Crippen LogP contribution in [0.3, 0.4) is 0 Å². The van der Waals surface area contributed by atoms with Gasteiger partial charge in [-0.1, -0.05) is 295 Å². The third kappa shape index (κ3) is 55.5. The van der Waals surface area contributed by atoms with Gasteiger partial charge in [-0.15, -0.1) is 0 Å². The molecule has 0 bridgehead atoms. The first kappa shape index (κ1) is 67.3. The van der Waals surface area contributed by atoms with E-state index in [9.17, 15) is 19.8 Å². The highest BCUT2D eigenvalue weighted by atomic mass is 16.5. The van der Waals surface area contributed by atoms with Crippen LogP contribution in [0.1, 0.15) is 341 Å². The van der Waals surface area contributed by atoms with Gasteiger partial charge in [-0.05, 0) is 57.8 Å². The molecule has 0 fully saturated rings. The molecule has 0 heterocycles. The average Bonchev–Trinajstić information content (AvgIpc) is 3.35. The normalized spacial score (nSPS) is 12.7. The van der Waals surface area contributed by atoms with E-state index in [-0.39, 0.29) is 18.5 Å². The lowest BCUT2D eigenvalue weighted by Crippen LogP contribution is -2.45. The van der Waals surface area contributed by atoms with Crippen molar-refractivity contribution in [3.05, 3.63) is 24.3 Å². The molecule has 0 aromatic heterocycles. The summed E-state index contributed by atoms with van der Waals surface area (Å²) in [6, 6.07) is -0.550. The molecular weight excluding hydrogens is 851 g/mol. The van der Waals surface area contributed by atoms with Crippen LogP contribution in [0.2, 0.25) is 0 Å². The van der Waals surface area contributed by atoms with E-state index in [1.165, 1.54) is 238 Å². The third-order valence-electron chi connectivity index (χ3n) is 14.5. The van der Waals surface area contributed by atoms with Crippen LogP contribution in [0.4, 0.5) is 0 Å². The van der Waals surface area contributed by atoms with Gasteiger partial charge >= 0.3 is 5.97 Å². The number of amides is 1. The van der Waals surface area contributed by atoms with Crippen LogP contribution < -0.4 is 5.32 Å². The minimum Gasteiger partial charge on any atom is -0.466 e. The van der Waals surface area contributed by atoms with Gasteiger partial charge in [0.2, 0.25) is 5.91 Å². The molecule has 0 aliphatic carbocycles. The maximum Gasteiger partial charge on any atom is 0.305 e. The summed E-state index contributed by atoms with van der Waals surface area (Å²) in [4.78, 5) is 24.5.